The van der Waals surface area contributed by atoms with Crippen molar-refractivity contribution in [2.75, 3.05) is 6.54 Å². The Kier molecular flexibility index (Phi) is 7.23. The fourth-order valence-corrected chi connectivity index (χ4v) is 0.952. The molecule has 0 bridgehead atoms. The molecule has 6 heteroatoms. The first kappa shape index (κ1) is 13.2. The number of carbonyl (C=O) groups is 1. The van der Waals surface area contributed by atoms with Gasteiger partial charge < -0.3 is 15.6 Å². The fourth-order valence-electron chi connectivity index (χ4n) is 0.882. The summed E-state index contributed by atoms with van der Waals surface area (Å²) in [5.74, 6) is -0.183. The molecular weight excluding hydrogens is 202 g/mol. The second kappa shape index (κ2) is 7.64. The molecule has 5 nitrogen and oxygen atoms in total. The van der Waals surface area contributed by atoms with E-state index in [0.717, 1.165) is 18.7 Å². The Bertz CT molecular complexity index is 209. The van der Waals surface area contributed by atoms with Gasteiger partial charge in [0.1, 0.15) is 11.9 Å². The van der Waals surface area contributed by atoms with Gasteiger partial charge in [0.15, 0.2) is 0 Å². The van der Waals surface area contributed by atoms with E-state index < -0.39 is 12.0 Å². The molecule has 0 amide bonds. The van der Waals surface area contributed by atoms with Gasteiger partial charge in [-0.2, -0.15) is 0 Å². The number of nitrogens with zero attached hydrogens (tertiary/aromatic N) is 1. The van der Waals surface area contributed by atoms with Crippen LogP contribution in [-0.2, 0) is 4.79 Å². The van der Waals surface area contributed by atoms with Crippen molar-refractivity contribution in [1.82, 2.24) is 4.72 Å². The van der Waals surface area contributed by atoms with Gasteiger partial charge in [0.05, 0.1) is 0 Å². The van der Waals surface area contributed by atoms with Crippen molar-refractivity contribution in [2.24, 2.45) is 10.7 Å². The van der Waals surface area contributed by atoms with Gasteiger partial charge in [0.25, 0.3) is 0 Å². The van der Waals surface area contributed by atoms with Crippen molar-refractivity contribution < 1.29 is 9.90 Å². The minimum Gasteiger partial charge on any atom is -0.480 e. The smallest absolute Gasteiger partial charge is 0.320 e. The summed E-state index contributed by atoms with van der Waals surface area (Å²) in [6.45, 7) is 2.49. The molecule has 0 saturated heterocycles. The van der Waals surface area contributed by atoms with Crippen LogP contribution < -0.4 is 10.5 Å². The van der Waals surface area contributed by atoms with Gasteiger partial charge in [-0.1, -0.05) is 12.8 Å². The van der Waals surface area contributed by atoms with Gasteiger partial charge in [0.2, 0.25) is 0 Å². The normalized spacial score (nSPS) is 13.8. The summed E-state index contributed by atoms with van der Waals surface area (Å²) >= 11 is 3.82. The monoisotopic (exact) mass is 219 g/mol. The van der Waals surface area contributed by atoms with Crippen LogP contribution in [0.3, 0.4) is 0 Å². The first-order chi connectivity index (χ1) is 6.57. The second-order valence-corrected chi connectivity index (χ2v) is 3.24. The van der Waals surface area contributed by atoms with Crippen molar-refractivity contribution in [3.05, 3.63) is 0 Å². The Morgan fingerprint density at radius 3 is 2.79 bits per heavy atom. The molecule has 0 unspecified atom stereocenters. The summed E-state index contributed by atoms with van der Waals surface area (Å²) in [6, 6.07) is -0.747. The lowest BCUT2D eigenvalue weighted by atomic mass is 10.1. The van der Waals surface area contributed by atoms with Gasteiger partial charge in [-0.05, 0) is 26.2 Å². The van der Waals surface area contributed by atoms with Crippen molar-refractivity contribution in [3.8, 4) is 0 Å². The van der Waals surface area contributed by atoms with Crippen molar-refractivity contribution in [1.29, 1.82) is 0 Å². The predicted octanol–water partition coefficient (Wildman–Crippen LogP) is 0.421. The van der Waals surface area contributed by atoms with Crippen LogP contribution in [0, 0.1) is 0 Å². The zero-order valence-corrected chi connectivity index (χ0v) is 9.13. The van der Waals surface area contributed by atoms with Gasteiger partial charge in [-0.3, -0.25) is 9.79 Å². The van der Waals surface area contributed by atoms with Crippen LogP contribution in [0.25, 0.3) is 0 Å². The van der Waals surface area contributed by atoms with Crippen LogP contribution in [0.4, 0.5) is 0 Å². The number of unbranched alkanes of at least 4 members (excludes halogenated alkanes) is 1. The average molecular weight is 219 g/mol. The second-order valence-electron chi connectivity index (χ2n) is 3.02. The molecule has 0 radical (unpaired) electrons. The number of nitrogens with two attached hydrogens (primary N) is 1. The largest absolute Gasteiger partial charge is 0.480 e. The molecule has 0 fully saturated rings. The Balaban J connectivity index is 3.43. The molecule has 0 spiro atoms. The average Bonchev–Trinajstić information content (AvgIpc) is 2.16. The Morgan fingerprint density at radius 2 is 2.29 bits per heavy atom. The highest BCUT2D eigenvalue weighted by Gasteiger charge is 2.09. The Labute approximate surface area is 89.3 Å². The standard InChI is InChI=1S/C8H17N3O2S/c1-6(11-14)10-5-3-2-4-7(9)8(12)13/h7,14H,2-5,9H2,1H3,(H,10,11)(H,12,13)/t7-/m0/s1. The van der Waals surface area contributed by atoms with Crippen molar-refractivity contribution >= 4 is 24.6 Å². The molecule has 0 heterocycles. The van der Waals surface area contributed by atoms with Crippen LogP contribution in [0.15, 0.2) is 4.99 Å². The maximum absolute atomic E-state index is 10.3. The highest BCUT2D eigenvalue weighted by Crippen LogP contribution is 1.99. The molecule has 1 atom stereocenters. The zero-order valence-electron chi connectivity index (χ0n) is 8.23. The highest BCUT2D eigenvalue weighted by atomic mass is 32.1. The maximum atomic E-state index is 10.3. The van der Waals surface area contributed by atoms with E-state index in [1.807, 2.05) is 6.92 Å². The minimum atomic E-state index is -0.943. The fraction of sp³-hybridized carbons (Fsp3) is 0.750. The summed E-state index contributed by atoms with van der Waals surface area (Å²) in [7, 11) is 0. The first-order valence-electron chi connectivity index (χ1n) is 4.47. The molecule has 0 aliphatic heterocycles. The Morgan fingerprint density at radius 1 is 1.64 bits per heavy atom. The van der Waals surface area contributed by atoms with E-state index in [1.54, 1.807) is 0 Å². The lowest BCUT2D eigenvalue weighted by Gasteiger charge is -2.04. The van der Waals surface area contributed by atoms with Gasteiger partial charge >= 0.3 is 5.97 Å². The summed E-state index contributed by atoms with van der Waals surface area (Å²) in [6.07, 6.45) is 2.11. The molecule has 0 aromatic carbocycles. The Hall–Kier alpha value is -0.750. The lowest BCUT2D eigenvalue weighted by Crippen LogP contribution is -2.29. The number of carboxylic acid groups (broad SMARTS) is 1. The third-order valence-electron chi connectivity index (χ3n) is 1.75. The molecule has 14 heavy (non-hydrogen) atoms. The van der Waals surface area contributed by atoms with Crippen LogP contribution in [-0.4, -0.2) is 29.5 Å². The molecule has 0 rings (SSSR count). The summed E-state index contributed by atoms with van der Waals surface area (Å²) in [5.41, 5.74) is 5.32. The number of aliphatic imine (C=N–C) groups is 1. The van der Waals surface area contributed by atoms with Crippen LogP contribution in [0.5, 0.6) is 0 Å². The van der Waals surface area contributed by atoms with Crippen LogP contribution >= 0.6 is 12.8 Å². The number of aliphatic carboxylic acids is 1. The molecule has 0 aliphatic carbocycles. The number of hydrogen-bond donors (Lipinski definition) is 4. The number of amidine groups is 1. The SMILES string of the molecule is CC(=NCCCC[C@H](N)C(=O)O)NS. The minimum absolute atomic E-state index is 0.498. The van der Waals surface area contributed by atoms with E-state index in [4.69, 9.17) is 10.8 Å². The van der Waals surface area contributed by atoms with Crippen LogP contribution in [0.1, 0.15) is 26.2 Å². The number of nitrogens with one attached hydrogen (secondary N) is 1. The third-order valence-corrected chi connectivity index (χ3v) is 2.07. The summed E-state index contributed by atoms with van der Waals surface area (Å²) in [4.78, 5) is 14.5. The van der Waals surface area contributed by atoms with Crippen molar-refractivity contribution in [3.63, 3.8) is 0 Å². The molecule has 0 aromatic rings. The molecule has 4 N–H and O–H groups in total. The number of rotatable bonds is 6. The van der Waals surface area contributed by atoms with Crippen LogP contribution in [0.2, 0.25) is 0 Å². The molecule has 0 aromatic heterocycles. The number of carboxylic acids is 1. The maximum Gasteiger partial charge on any atom is 0.320 e. The molecular formula is C8H17N3O2S. The molecule has 0 aliphatic rings. The molecule has 0 saturated carbocycles. The van der Waals surface area contributed by atoms with E-state index >= 15 is 0 Å². The number of hydrogen-bond acceptors (Lipinski definition) is 4. The third kappa shape index (κ3) is 6.73. The van der Waals surface area contributed by atoms with Gasteiger partial charge in [-0.25, -0.2) is 0 Å². The van der Waals surface area contributed by atoms with E-state index in [2.05, 4.69) is 22.5 Å². The molecule has 82 valence electrons. The quantitative estimate of drug-likeness (QED) is 0.226. The summed E-state index contributed by atoms with van der Waals surface area (Å²) in [5, 5.41) is 8.49. The lowest BCUT2D eigenvalue weighted by molar-refractivity contribution is -0.138. The first-order valence-corrected chi connectivity index (χ1v) is 4.92. The van der Waals surface area contributed by atoms with E-state index in [0.29, 0.717) is 13.0 Å². The van der Waals surface area contributed by atoms with E-state index in [-0.39, 0.29) is 0 Å². The zero-order chi connectivity index (χ0) is 11.0. The van der Waals surface area contributed by atoms with E-state index in [1.165, 1.54) is 0 Å². The number of thiol groups is 1. The van der Waals surface area contributed by atoms with Gasteiger partial charge in [0, 0.05) is 6.54 Å². The predicted molar refractivity (Wildman–Crippen MR) is 59.6 cm³/mol. The topological polar surface area (TPSA) is 87.7 Å². The van der Waals surface area contributed by atoms with E-state index in [9.17, 15) is 4.79 Å². The summed E-state index contributed by atoms with van der Waals surface area (Å²) < 4.78 is 2.61. The van der Waals surface area contributed by atoms with Gasteiger partial charge in [-0.15, -0.1) is 0 Å². The highest BCUT2D eigenvalue weighted by molar-refractivity contribution is 7.78. The van der Waals surface area contributed by atoms with Crippen molar-refractivity contribution in [2.45, 2.75) is 32.2 Å².